The van der Waals surface area contributed by atoms with Crippen LogP contribution in [0.4, 0.5) is 10.5 Å². The van der Waals surface area contributed by atoms with Crippen molar-refractivity contribution in [3.63, 3.8) is 0 Å². The molecule has 1 aromatic heterocycles. The number of fused-ring (bicyclic) bond motifs is 1. The molecule has 0 unspecified atom stereocenters. The number of benzene rings is 1. The molecule has 1 aliphatic rings. The Morgan fingerprint density at radius 3 is 2.33 bits per heavy atom. The fourth-order valence-electron chi connectivity index (χ4n) is 3.20. The van der Waals surface area contributed by atoms with Gasteiger partial charge >= 0.3 is 12.1 Å². The number of piperazine rings is 1. The maximum Gasteiger partial charge on any atom is 0.410 e. The second kappa shape index (κ2) is 7.06. The van der Waals surface area contributed by atoms with Crippen LogP contribution in [0.1, 0.15) is 36.8 Å². The number of carbonyl (C=O) groups excluding carboxylic acids is 1. The van der Waals surface area contributed by atoms with Crippen LogP contribution >= 0.6 is 0 Å². The van der Waals surface area contributed by atoms with E-state index in [1.54, 1.807) is 11.0 Å². The van der Waals surface area contributed by atoms with Gasteiger partial charge in [0.25, 0.3) is 0 Å². The van der Waals surface area contributed by atoms with Crippen molar-refractivity contribution in [1.82, 2.24) is 9.88 Å². The SMILES string of the molecule is Cc1ccc2c(N3CCN(C(=O)OC(C)(C)C)CC3)ccc(C(=O)O)c2n1. The number of carboxylic acids is 1. The number of rotatable bonds is 2. The molecule has 0 bridgehead atoms. The lowest BCUT2D eigenvalue weighted by atomic mass is 10.1. The van der Waals surface area contributed by atoms with Crippen LogP contribution in [-0.4, -0.2) is 58.8 Å². The van der Waals surface area contributed by atoms with Crippen LogP contribution in [0, 0.1) is 6.92 Å². The highest BCUT2D eigenvalue weighted by molar-refractivity contribution is 6.06. The highest BCUT2D eigenvalue weighted by atomic mass is 16.6. The van der Waals surface area contributed by atoms with Crippen molar-refractivity contribution in [2.75, 3.05) is 31.1 Å². The zero-order valence-corrected chi connectivity index (χ0v) is 16.2. The van der Waals surface area contributed by atoms with Gasteiger partial charge in [0.1, 0.15) is 5.60 Å². The summed E-state index contributed by atoms with van der Waals surface area (Å²) < 4.78 is 5.44. The molecular weight excluding hydrogens is 346 g/mol. The van der Waals surface area contributed by atoms with Crippen LogP contribution < -0.4 is 4.90 Å². The number of aromatic carboxylic acids is 1. The number of pyridine rings is 1. The minimum atomic E-state index is -0.987. The van der Waals surface area contributed by atoms with Gasteiger partial charge in [-0.25, -0.2) is 9.59 Å². The monoisotopic (exact) mass is 371 g/mol. The number of ether oxygens (including phenoxy) is 1. The first-order valence-corrected chi connectivity index (χ1v) is 9.02. The molecule has 1 amide bonds. The second-order valence-electron chi connectivity index (χ2n) is 7.74. The molecule has 0 saturated carbocycles. The summed E-state index contributed by atoms with van der Waals surface area (Å²) >= 11 is 0. The molecule has 1 aromatic carbocycles. The van der Waals surface area contributed by atoms with Gasteiger partial charge in [0.15, 0.2) is 0 Å². The van der Waals surface area contributed by atoms with Gasteiger partial charge in [0, 0.05) is 42.9 Å². The molecule has 2 aromatic rings. The normalized spacial score (nSPS) is 15.1. The molecule has 1 N–H and O–H groups in total. The number of aromatic nitrogens is 1. The molecule has 27 heavy (non-hydrogen) atoms. The Hall–Kier alpha value is -2.83. The van der Waals surface area contributed by atoms with Crippen molar-refractivity contribution in [3.8, 4) is 0 Å². The standard InChI is InChI=1S/C20H25N3O4/c1-13-5-6-14-16(8-7-15(18(24)25)17(14)21-13)22-9-11-23(12-10-22)19(26)27-20(2,3)4/h5-8H,9-12H2,1-4H3,(H,24,25). The zero-order valence-electron chi connectivity index (χ0n) is 16.2. The lowest BCUT2D eigenvalue weighted by molar-refractivity contribution is 0.0240. The molecule has 0 aliphatic carbocycles. The minimum absolute atomic E-state index is 0.199. The first kappa shape index (κ1) is 18.9. The predicted molar refractivity (Wildman–Crippen MR) is 103 cm³/mol. The van der Waals surface area contributed by atoms with E-state index < -0.39 is 11.6 Å². The zero-order chi connectivity index (χ0) is 19.8. The average Bonchev–Trinajstić information content (AvgIpc) is 2.59. The molecule has 3 rings (SSSR count). The van der Waals surface area contributed by atoms with Crippen LogP contribution in [0.15, 0.2) is 24.3 Å². The van der Waals surface area contributed by atoms with Crippen LogP contribution in [-0.2, 0) is 4.74 Å². The van der Waals surface area contributed by atoms with Crippen LogP contribution in [0.25, 0.3) is 10.9 Å². The molecule has 144 valence electrons. The number of aryl methyl sites for hydroxylation is 1. The maximum absolute atomic E-state index is 12.2. The van der Waals surface area contributed by atoms with Crippen molar-refractivity contribution >= 4 is 28.7 Å². The van der Waals surface area contributed by atoms with Gasteiger partial charge in [-0.1, -0.05) is 0 Å². The van der Waals surface area contributed by atoms with E-state index >= 15 is 0 Å². The van der Waals surface area contributed by atoms with Crippen molar-refractivity contribution in [2.24, 2.45) is 0 Å². The fourth-order valence-corrected chi connectivity index (χ4v) is 3.20. The second-order valence-corrected chi connectivity index (χ2v) is 7.74. The quantitative estimate of drug-likeness (QED) is 0.872. The Bertz CT molecular complexity index is 881. The van der Waals surface area contributed by atoms with Gasteiger partial charge < -0.3 is 19.6 Å². The summed E-state index contributed by atoms with van der Waals surface area (Å²) in [6.07, 6.45) is -0.300. The van der Waals surface area contributed by atoms with Crippen LogP contribution in [0.2, 0.25) is 0 Å². The molecular formula is C20H25N3O4. The van der Waals surface area contributed by atoms with E-state index in [2.05, 4.69) is 9.88 Å². The average molecular weight is 371 g/mol. The molecule has 0 radical (unpaired) electrons. The summed E-state index contributed by atoms with van der Waals surface area (Å²) in [5.41, 5.74) is 1.89. The van der Waals surface area contributed by atoms with Crippen molar-refractivity contribution in [1.29, 1.82) is 0 Å². The van der Waals surface area contributed by atoms with Gasteiger partial charge in [-0.3, -0.25) is 4.98 Å². The van der Waals surface area contributed by atoms with Gasteiger partial charge in [-0.05, 0) is 52.0 Å². The van der Waals surface area contributed by atoms with Crippen LogP contribution in [0.3, 0.4) is 0 Å². The van der Waals surface area contributed by atoms with E-state index in [4.69, 9.17) is 4.74 Å². The molecule has 7 heteroatoms. The number of nitrogens with zero attached hydrogens (tertiary/aromatic N) is 3. The molecule has 2 heterocycles. The minimum Gasteiger partial charge on any atom is -0.478 e. The highest BCUT2D eigenvalue weighted by Gasteiger charge is 2.27. The molecule has 0 spiro atoms. The highest BCUT2D eigenvalue weighted by Crippen LogP contribution is 2.30. The summed E-state index contributed by atoms with van der Waals surface area (Å²) in [6.45, 7) is 9.80. The largest absolute Gasteiger partial charge is 0.478 e. The molecule has 1 aliphatic heterocycles. The Balaban J connectivity index is 1.83. The molecule has 0 atom stereocenters. The third kappa shape index (κ3) is 4.13. The number of carboxylic acid groups (broad SMARTS) is 1. The Morgan fingerprint density at radius 1 is 1.07 bits per heavy atom. The topological polar surface area (TPSA) is 83.0 Å². The molecule has 1 saturated heterocycles. The van der Waals surface area contributed by atoms with Crippen molar-refractivity contribution in [2.45, 2.75) is 33.3 Å². The molecule has 7 nitrogen and oxygen atoms in total. The number of carbonyl (C=O) groups is 2. The number of hydrogen-bond acceptors (Lipinski definition) is 5. The third-order valence-electron chi connectivity index (χ3n) is 4.48. The van der Waals surface area contributed by atoms with E-state index in [9.17, 15) is 14.7 Å². The maximum atomic E-state index is 12.2. The molecule has 1 fully saturated rings. The summed E-state index contributed by atoms with van der Waals surface area (Å²) in [5.74, 6) is -0.987. The Labute approximate surface area is 158 Å². The third-order valence-corrected chi connectivity index (χ3v) is 4.48. The summed E-state index contributed by atoms with van der Waals surface area (Å²) in [6, 6.07) is 7.23. The summed E-state index contributed by atoms with van der Waals surface area (Å²) in [5, 5.41) is 10.3. The van der Waals surface area contributed by atoms with Gasteiger partial charge in [-0.15, -0.1) is 0 Å². The van der Waals surface area contributed by atoms with Crippen LogP contribution in [0.5, 0.6) is 0 Å². The van der Waals surface area contributed by atoms with E-state index in [-0.39, 0.29) is 11.7 Å². The summed E-state index contributed by atoms with van der Waals surface area (Å²) in [4.78, 5) is 32.1. The lowest BCUT2D eigenvalue weighted by Gasteiger charge is -2.37. The fraction of sp³-hybridized carbons (Fsp3) is 0.450. The summed E-state index contributed by atoms with van der Waals surface area (Å²) in [7, 11) is 0. The van der Waals surface area contributed by atoms with Gasteiger partial charge in [0.05, 0.1) is 11.1 Å². The van der Waals surface area contributed by atoms with E-state index in [0.717, 1.165) is 16.8 Å². The first-order valence-electron chi connectivity index (χ1n) is 9.02. The lowest BCUT2D eigenvalue weighted by Crippen LogP contribution is -2.50. The Morgan fingerprint density at radius 2 is 1.74 bits per heavy atom. The number of amides is 1. The number of anilines is 1. The van der Waals surface area contributed by atoms with Crippen molar-refractivity contribution in [3.05, 3.63) is 35.5 Å². The van der Waals surface area contributed by atoms with E-state index in [0.29, 0.717) is 31.7 Å². The first-order chi connectivity index (χ1) is 12.7. The van der Waals surface area contributed by atoms with Gasteiger partial charge in [-0.2, -0.15) is 0 Å². The predicted octanol–water partition coefficient (Wildman–Crippen LogP) is 3.30. The van der Waals surface area contributed by atoms with E-state index in [1.165, 1.54) is 0 Å². The smallest absolute Gasteiger partial charge is 0.410 e. The van der Waals surface area contributed by atoms with E-state index in [1.807, 2.05) is 45.9 Å². The van der Waals surface area contributed by atoms with Crippen molar-refractivity contribution < 1.29 is 19.4 Å². The number of hydrogen-bond donors (Lipinski definition) is 1. The van der Waals surface area contributed by atoms with Gasteiger partial charge in [0.2, 0.25) is 0 Å². The Kier molecular flexibility index (Phi) is 4.95.